The zero-order chi connectivity index (χ0) is 17.1. The van der Waals surface area contributed by atoms with Crippen LogP contribution in [0.3, 0.4) is 0 Å². The Hall–Kier alpha value is -2.24. The quantitative estimate of drug-likeness (QED) is 0.750. The molecular weight excluding hydrogens is 328 g/mol. The molecule has 0 aliphatic carbocycles. The lowest BCUT2D eigenvalue weighted by molar-refractivity contribution is 0.460. The van der Waals surface area contributed by atoms with E-state index in [9.17, 15) is 0 Å². The van der Waals surface area contributed by atoms with E-state index < -0.39 is 0 Å². The Bertz CT molecular complexity index is 839. The van der Waals surface area contributed by atoms with Crippen molar-refractivity contribution in [1.82, 2.24) is 14.7 Å². The van der Waals surface area contributed by atoms with Crippen molar-refractivity contribution in [2.24, 2.45) is 0 Å². The van der Waals surface area contributed by atoms with Gasteiger partial charge in [0.2, 0.25) is 0 Å². The second-order valence-electron chi connectivity index (χ2n) is 6.54. The summed E-state index contributed by atoms with van der Waals surface area (Å²) in [5, 5.41) is 3.45. The number of hydrogen-bond acceptors (Lipinski definition) is 5. The fourth-order valence-electron chi connectivity index (χ4n) is 3.54. The summed E-state index contributed by atoms with van der Waals surface area (Å²) in [7, 11) is 0. The zero-order valence-electron chi connectivity index (χ0n) is 14.1. The normalized spacial score (nSPS) is 15.4. The smallest absolute Gasteiger partial charge is 0.124 e. The Kier molecular flexibility index (Phi) is 4.76. The molecule has 25 heavy (non-hydrogen) atoms. The van der Waals surface area contributed by atoms with Crippen molar-refractivity contribution in [3.8, 4) is 11.3 Å². The van der Waals surface area contributed by atoms with Crippen LogP contribution in [0.4, 0.5) is 5.82 Å². The summed E-state index contributed by atoms with van der Waals surface area (Å²) < 4.78 is 4.24. The molecule has 0 atom stereocenters. The molecule has 3 heterocycles. The SMILES string of the molecule is Nc1cccc(-c2ccc(C3CCNCC3)cc2Cc2ccns2)n1. The van der Waals surface area contributed by atoms with E-state index in [1.807, 2.05) is 24.4 Å². The highest BCUT2D eigenvalue weighted by Crippen LogP contribution is 2.32. The molecule has 1 aromatic carbocycles. The maximum atomic E-state index is 5.90. The van der Waals surface area contributed by atoms with Crippen molar-refractivity contribution in [2.45, 2.75) is 25.2 Å². The topological polar surface area (TPSA) is 63.8 Å². The van der Waals surface area contributed by atoms with Gasteiger partial charge in [-0.2, -0.15) is 0 Å². The molecule has 1 aliphatic rings. The highest BCUT2D eigenvalue weighted by atomic mass is 32.1. The summed E-state index contributed by atoms with van der Waals surface area (Å²) in [5.41, 5.74) is 10.8. The third-order valence-electron chi connectivity index (χ3n) is 4.84. The van der Waals surface area contributed by atoms with E-state index in [4.69, 9.17) is 5.73 Å². The minimum atomic E-state index is 0.559. The lowest BCUT2D eigenvalue weighted by Crippen LogP contribution is -2.26. The molecule has 2 aromatic heterocycles. The summed E-state index contributed by atoms with van der Waals surface area (Å²) in [6, 6.07) is 14.8. The first-order valence-corrected chi connectivity index (χ1v) is 9.53. The van der Waals surface area contributed by atoms with Crippen LogP contribution < -0.4 is 11.1 Å². The standard InChI is InChI=1S/C20H22N4S/c21-20-3-1-2-19(24-20)18-5-4-15(14-6-9-22-10-7-14)12-16(18)13-17-8-11-23-25-17/h1-5,8,11-12,14,22H,6-7,9-10,13H2,(H2,21,24). The van der Waals surface area contributed by atoms with Crippen LogP contribution in [0.2, 0.25) is 0 Å². The predicted octanol–water partition coefficient (Wildman–Crippen LogP) is 3.85. The molecule has 3 aromatic rings. The lowest BCUT2D eigenvalue weighted by Gasteiger charge is -2.24. The van der Waals surface area contributed by atoms with Gasteiger partial charge in [0.1, 0.15) is 5.82 Å². The van der Waals surface area contributed by atoms with Gasteiger partial charge in [0, 0.05) is 23.1 Å². The lowest BCUT2D eigenvalue weighted by atomic mass is 9.87. The Morgan fingerprint density at radius 3 is 2.76 bits per heavy atom. The molecule has 0 saturated carbocycles. The fourth-order valence-corrected chi connectivity index (χ4v) is 4.14. The number of nitrogens with two attached hydrogens (primary N) is 1. The van der Waals surface area contributed by atoms with Crippen molar-refractivity contribution in [1.29, 1.82) is 0 Å². The van der Waals surface area contributed by atoms with Gasteiger partial charge in [-0.25, -0.2) is 9.36 Å². The number of pyridine rings is 1. The molecule has 1 aliphatic heterocycles. The first-order chi connectivity index (χ1) is 12.3. The van der Waals surface area contributed by atoms with Crippen LogP contribution in [0, 0.1) is 0 Å². The number of rotatable bonds is 4. The van der Waals surface area contributed by atoms with E-state index in [0.717, 1.165) is 25.2 Å². The van der Waals surface area contributed by atoms with Crippen LogP contribution in [-0.4, -0.2) is 22.4 Å². The Balaban J connectivity index is 1.74. The van der Waals surface area contributed by atoms with Crippen LogP contribution in [0.5, 0.6) is 0 Å². The number of benzene rings is 1. The number of nitrogens with one attached hydrogen (secondary N) is 1. The summed E-state index contributed by atoms with van der Waals surface area (Å²) in [4.78, 5) is 5.80. The first-order valence-electron chi connectivity index (χ1n) is 8.75. The Labute approximate surface area is 152 Å². The van der Waals surface area contributed by atoms with Gasteiger partial charge in [-0.15, -0.1) is 0 Å². The third kappa shape index (κ3) is 3.72. The summed E-state index contributed by atoms with van der Waals surface area (Å²) in [5.74, 6) is 1.20. The first kappa shape index (κ1) is 16.2. The largest absolute Gasteiger partial charge is 0.384 e. The van der Waals surface area contributed by atoms with Gasteiger partial charge in [0.05, 0.1) is 5.69 Å². The van der Waals surface area contributed by atoms with Gasteiger partial charge in [-0.05, 0) is 72.7 Å². The predicted molar refractivity (Wildman–Crippen MR) is 104 cm³/mol. The van der Waals surface area contributed by atoms with E-state index >= 15 is 0 Å². The molecule has 4 nitrogen and oxygen atoms in total. The minimum Gasteiger partial charge on any atom is -0.384 e. The highest BCUT2D eigenvalue weighted by molar-refractivity contribution is 7.05. The van der Waals surface area contributed by atoms with Gasteiger partial charge in [0.15, 0.2) is 0 Å². The maximum Gasteiger partial charge on any atom is 0.124 e. The Morgan fingerprint density at radius 2 is 2.00 bits per heavy atom. The zero-order valence-corrected chi connectivity index (χ0v) is 14.9. The molecular formula is C20H22N4S. The van der Waals surface area contributed by atoms with E-state index in [-0.39, 0.29) is 0 Å². The van der Waals surface area contributed by atoms with Crippen molar-refractivity contribution in [3.05, 3.63) is 64.7 Å². The van der Waals surface area contributed by atoms with E-state index in [2.05, 4.69) is 38.9 Å². The molecule has 0 amide bonds. The summed E-state index contributed by atoms with van der Waals surface area (Å²) >= 11 is 1.56. The van der Waals surface area contributed by atoms with E-state index in [1.54, 1.807) is 11.5 Å². The average Bonchev–Trinajstić information content (AvgIpc) is 3.15. The van der Waals surface area contributed by atoms with E-state index in [0.29, 0.717) is 11.7 Å². The van der Waals surface area contributed by atoms with Crippen LogP contribution in [0.15, 0.2) is 48.7 Å². The molecule has 5 heteroatoms. The maximum absolute atomic E-state index is 5.90. The molecule has 3 N–H and O–H groups in total. The fraction of sp³-hybridized carbons (Fsp3) is 0.300. The van der Waals surface area contributed by atoms with Gasteiger partial charge in [0.25, 0.3) is 0 Å². The number of aromatic nitrogens is 2. The van der Waals surface area contributed by atoms with E-state index in [1.165, 1.54) is 34.4 Å². The van der Waals surface area contributed by atoms with Gasteiger partial charge < -0.3 is 11.1 Å². The second-order valence-corrected chi connectivity index (χ2v) is 7.46. The van der Waals surface area contributed by atoms with Gasteiger partial charge in [-0.3, -0.25) is 0 Å². The van der Waals surface area contributed by atoms with Crippen molar-refractivity contribution >= 4 is 17.4 Å². The molecule has 0 spiro atoms. The van der Waals surface area contributed by atoms with Gasteiger partial charge >= 0.3 is 0 Å². The van der Waals surface area contributed by atoms with Crippen LogP contribution in [0.25, 0.3) is 11.3 Å². The molecule has 0 bridgehead atoms. The highest BCUT2D eigenvalue weighted by Gasteiger charge is 2.17. The van der Waals surface area contributed by atoms with Crippen LogP contribution in [-0.2, 0) is 6.42 Å². The monoisotopic (exact) mass is 350 g/mol. The van der Waals surface area contributed by atoms with Crippen LogP contribution in [0.1, 0.15) is 34.8 Å². The van der Waals surface area contributed by atoms with Crippen molar-refractivity contribution < 1.29 is 0 Å². The minimum absolute atomic E-state index is 0.559. The van der Waals surface area contributed by atoms with Gasteiger partial charge in [-0.1, -0.05) is 24.3 Å². The summed E-state index contributed by atoms with van der Waals surface area (Å²) in [6.45, 7) is 2.21. The molecule has 0 unspecified atom stereocenters. The Morgan fingerprint density at radius 1 is 1.12 bits per heavy atom. The molecule has 128 valence electrons. The molecule has 4 rings (SSSR count). The van der Waals surface area contributed by atoms with Crippen LogP contribution >= 0.6 is 11.5 Å². The average molecular weight is 350 g/mol. The number of nitrogens with zero attached hydrogens (tertiary/aromatic N) is 2. The molecule has 1 fully saturated rings. The summed E-state index contributed by atoms with van der Waals surface area (Å²) in [6.07, 6.45) is 5.16. The number of nitrogen functional groups attached to an aromatic ring is 1. The molecule has 0 radical (unpaired) electrons. The number of hydrogen-bond donors (Lipinski definition) is 2. The van der Waals surface area contributed by atoms with Crippen molar-refractivity contribution in [3.63, 3.8) is 0 Å². The molecule has 1 saturated heterocycles. The second kappa shape index (κ2) is 7.33. The van der Waals surface area contributed by atoms with Crippen molar-refractivity contribution in [2.75, 3.05) is 18.8 Å². The number of anilines is 1. The third-order valence-corrected chi connectivity index (χ3v) is 5.58. The number of piperidine rings is 1.